The van der Waals surface area contributed by atoms with Crippen LogP contribution in [0.25, 0.3) is 0 Å². The molecule has 3 aromatic rings. The number of nitrogens with one attached hydrogen (secondary N) is 1. The van der Waals surface area contributed by atoms with E-state index in [1.54, 1.807) is 18.6 Å². The lowest BCUT2D eigenvalue weighted by atomic mass is 10.2. The Balaban J connectivity index is 1.56. The molecule has 0 fully saturated rings. The molecule has 3 rings (SSSR count). The minimum Gasteiger partial charge on any atom is -0.489 e. The molecule has 0 atom stereocenters. The molecule has 0 aliphatic heterocycles. The summed E-state index contributed by atoms with van der Waals surface area (Å²) in [5, 5.41) is 8.28. The molecule has 0 amide bonds. The molecular weight excluding hydrogens is 324 g/mol. The van der Waals surface area contributed by atoms with E-state index in [9.17, 15) is 0 Å². The fraction of sp³-hybridized carbons (Fsp3) is 0.222. The highest BCUT2D eigenvalue weighted by molar-refractivity contribution is 6.30. The number of nitrogens with zero attached hydrogens (tertiary/aromatic N) is 3. The first-order chi connectivity index (χ1) is 11.8. The average molecular weight is 343 g/mol. The van der Waals surface area contributed by atoms with Gasteiger partial charge in [-0.15, -0.1) is 0 Å². The fourth-order valence-corrected chi connectivity index (χ4v) is 2.52. The van der Waals surface area contributed by atoms with Crippen molar-refractivity contribution in [2.24, 2.45) is 0 Å². The number of halogens is 1. The van der Waals surface area contributed by atoms with Crippen LogP contribution < -0.4 is 10.1 Å². The molecule has 0 saturated heterocycles. The molecule has 6 heteroatoms. The third-order valence-corrected chi connectivity index (χ3v) is 3.77. The van der Waals surface area contributed by atoms with Crippen molar-refractivity contribution in [3.63, 3.8) is 0 Å². The van der Waals surface area contributed by atoms with Gasteiger partial charge in [-0.05, 0) is 30.3 Å². The van der Waals surface area contributed by atoms with E-state index < -0.39 is 0 Å². The lowest BCUT2D eigenvalue weighted by Gasteiger charge is -2.13. The maximum absolute atomic E-state index is 6.12. The number of rotatable bonds is 8. The zero-order chi connectivity index (χ0) is 16.6. The molecule has 0 radical (unpaired) electrons. The highest BCUT2D eigenvalue weighted by atomic mass is 35.5. The van der Waals surface area contributed by atoms with Gasteiger partial charge >= 0.3 is 0 Å². The largest absolute Gasteiger partial charge is 0.489 e. The highest BCUT2D eigenvalue weighted by Gasteiger charge is 2.05. The number of pyridine rings is 1. The van der Waals surface area contributed by atoms with Crippen molar-refractivity contribution in [3.05, 3.63) is 77.3 Å². The highest BCUT2D eigenvalue weighted by Crippen LogP contribution is 2.23. The van der Waals surface area contributed by atoms with Gasteiger partial charge in [0.25, 0.3) is 0 Å². The summed E-state index contributed by atoms with van der Waals surface area (Å²) in [4.78, 5) is 4.10. The lowest BCUT2D eigenvalue weighted by Crippen LogP contribution is -2.20. The molecule has 0 aliphatic carbocycles. The van der Waals surface area contributed by atoms with Crippen molar-refractivity contribution in [1.82, 2.24) is 20.1 Å². The van der Waals surface area contributed by atoms with Crippen LogP contribution in [-0.4, -0.2) is 21.3 Å². The fourth-order valence-electron chi connectivity index (χ4n) is 2.32. The Hall–Kier alpha value is -2.37. The van der Waals surface area contributed by atoms with Gasteiger partial charge < -0.3 is 10.1 Å². The standard InChI is InChI=1S/C18H19ClN4O/c19-17-4-5-18(24-14-15-3-1-6-20-12-15)16(11-17)13-21-8-10-23-9-2-7-22-23/h1-7,9,11-12,21H,8,10,13-14H2. The Bertz CT molecular complexity index is 747. The second kappa shape index (κ2) is 8.47. The predicted molar refractivity (Wildman–Crippen MR) is 94.0 cm³/mol. The second-order valence-electron chi connectivity index (χ2n) is 5.35. The van der Waals surface area contributed by atoms with Crippen LogP contribution in [0.5, 0.6) is 5.75 Å². The van der Waals surface area contributed by atoms with Crippen LogP contribution in [0, 0.1) is 0 Å². The molecule has 2 heterocycles. The normalized spacial score (nSPS) is 10.7. The van der Waals surface area contributed by atoms with Gasteiger partial charge in [0.15, 0.2) is 0 Å². The van der Waals surface area contributed by atoms with Crippen molar-refractivity contribution in [2.75, 3.05) is 6.54 Å². The van der Waals surface area contributed by atoms with Gasteiger partial charge in [-0.1, -0.05) is 17.7 Å². The smallest absolute Gasteiger partial charge is 0.124 e. The number of hydrogen-bond acceptors (Lipinski definition) is 4. The lowest BCUT2D eigenvalue weighted by molar-refractivity contribution is 0.301. The SMILES string of the molecule is Clc1ccc(OCc2cccnc2)c(CNCCn2cccn2)c1. The summed E-state index contributed by atoms with van der Waals surface area (Å²) >= 11 is 6.12. The van der Waals surface area contributed by atoms with E-state index >= 15 is 0 Å². The van der Waals surface area contributed by atoms with E-state index in [-0.39, 0.29) is 0 Å². The number of benzene rings is 1. The van der Waals surface area contributed by atoms with Gasteiger partial charge in [-0.25, -0.2) is 0 Å². The summed E-state index contributed by atoms with van der Waals surface area (Å²) in [7, 11) is 0. The molecule has 0 spiro atoms. The molecule has 1 aromatic carbocycles. The van der Waals surface area contributed by atoms with E-state index in [0.29, 0.717) is 18.2 Å². The Morgan fingerprint density at radius 2 is 2.12 bits per heavy atom. The molecular formula is C18H19ClN4O. The quantitative estimate of drug-likeness (QED) is 0.638. The molecule has 124 valence electrons. The summed E-state index contributed by atoms with van der Waals surface area (Å²) < 4.78 is 7.82. The van der Waals surface area contributed by atoms with Gasteiger partial charge in [0, 0.05) is 54.0 Å². The summed E-state index contributed by atoms with van der Waals surface area (Å²) in [6.07, 6.45) is 7.28. The van der Waals surface area contributed by atoms with Crippen molar-refractivity contribution in [1.29, 1.82) is 0 Å². The van der Waals surface area contributed by atoms with E-state index in [0.717, 1.165) is 30.0 Å². The Labute approximate surface area is 146 Å². The van der Waals surface area contributed by atoms with Crippen LogP contribution in [0.1, 0.15) is 11.1 Å². The molecule has 1 N–H and O–H groups in total. The van der Waals surface area contributed by atoms with E-state index in [4.69, 9.17) is 16.3 Å². The Kier molecular flexibility index (Phi) is 5.82. The summed E-state index contributed by atoms with van der Waals surface area (Å²) in [5.74, 6) is 0.829. The zero-order valence-corrected chi connectivity index (χ0v) is 14.0. The molecule has 2 aromatic heterocycles. The van der Waals surface area contributed by atoms with Gasteiger partial charge in [0.2, 0.25) is 0 Å². The summed E-state index contributed by atoms with van der Waals surface area (Å²) in [6.45, 7) is 2.80. The summed E-state index contributed by atoms with van der Waals surface area (Å²) in [5.41, 5.74) is 2.07. The van der Waals surface area contributed by atoms with Crippen LogP contribution in [0.4, 0.5) is 0 Å². The monoisotopic (exact) mass is 342 g/mol. The molecule has 5 nitrogen and oxygen atoms in total. The first kappa shape index (κ1) is 16.5. The zero-order valence-electron chi connectivity index (χ0n) is 13.2. The first-order valence-corrected chi connectivity index (χ1v) is 8.17. The maximum Gasteiger partial charge on any atom is 0.124 e. The van der Waals surface area contributed by atoms with Crippen molar-refractivity contribution in [2.45, 2.75) is 19.7 Å². The van der Waals surface area contributed by atoms with Crippen molar-refractivity contribution in [3.8, 4) is 5.75 Å². The Morgan fingerprint density at radius 3 is 2.92 bits per heavy atom. The molecule has 0 saturated carbocycles. The first-order valence-electron chi connectivity index (χ1n) is 7.79. The van der Waals surface area contributed by atoms with Crippen LogP contribution in [-0.2, 0) is 19.7 Å². The van der Waals surface area contributed by atoms with Crippen LogP contribution in [0.15, 0.2) is 61.2 Å². The minimum atomic E-state index is 0.482. The number of hydrogen-bond donors (Lipinski definition) is 1. The van der Waals surface area contributed by atoms with Gasteiger partial charge in [0.05, 0.1) is 6.54 Å². The van der Waals surface area contributed by atoms with Crippen LogP contribution in [0.3, 0.4) is 0 Å². The van der Waals surface area contributed by atoms with E-state index in [1.165, 1.54) is 0 Å². The molecule has 0 bridgehead atoms. The van der Waals surface area contributed by atoms with Crippen LogP contribution >= 0.6 is 11.6 Å². The van der Waals surface area contributed by atoms with Gasteiger partial charge in [0.1, 0.15) is 12.4 Å². The second-order valence-corrected chi connectivity index (χ2v) is 5.78. The third-order valence-electron chi connectivity index (χ3n) is 3.53. The van der Waals surface area contributed by atoms with Crippen molar-refractivity contribution >= 4 is 11.6 Å². The van der Waals surface area contributed by atoms with Gasteiger partial charge in [-0.3, -0.25) is 9.67 Å². The van der Waals surface area contributed by atoms with Crippen molar-refractivity contribution < 1.29 is 4.74 Å². The number of ether oxygens (including phenoxy) is 1. The summed E-state index contributed by atoms with van der Waals surface area (Å²) in [6, 6.07) is 11.5. The molecule has 0 unspecified atom stereocenters. The van der Waals surface area contributed by atoms with Gasteiger partial charge in [-0.2, -0.15) is 5.10 Å². The maximum atomic E-state index is 6.12. The number of aromatic nitrogens is 3. The topological polar surface area (TPSA) is 52.0 Å². The van der Waals surface area contributed by atoms with E-state index in [1.807, 2.05) is 47.3 Å². The Morgan fingerprint density at radius 1 is 1.17 bits per heavy atom. The molecule has 24 heavy (non-hydrogen) atoms. The predicted octanol–water partition coefficient (Wildman–Crippen LogP) is 3.30. The minimum absolute atomic E-state index is 0.482. The molecule has 0 aliphatic rings. The van der Waals surface area contributed by atoms with E-state index in [2.05, 4.69) is 15.4 Å². The third kappa shape index (κ3) is 4.81. The average Bonchev–Trinajstić information content (AvgIpc) is 3.12. The van der Waals surface area contributed by atoms with Crippen LogP contribution in [0.2, 0.25) is 5.02 Å².